The molecule has 8 heteroatoms. The smallest absolute Gasteiger partial charge is 0.308 e. The van der Waals surface area contributed by atoms with Gasteiger partial charge in [0.2, 0.25) is 5.89 Å². The van der Waals surface area contributed by atoms with E-state index in [0.717, 1.165) is 51.3 Å². The van der Waals surface area contributed by atoms with E-state index < -0.39 is 0 Å². The van der Waals surface area contributed by atoms with Gasteiger partial charge in [-0.25, -0.2) is 0 Å². The van der Waals surface area contributed by atoms with Gasteiger partial charge in [0.25, 0.3) is 0 Å². The molecule has 0 unspecified atom stereocenters. The van der Waals surface area contributed by atoms with Gasteiger partial charge in [0.1, 0.15) is 0 Å². The molecule has 0 saturated carbocycles. The van der Waals surface area contributed by atoms with Crippen LogP contribution in [-0.2, 0) is 16.0 Å². The Morgan fingerprint density at radius 1 is 1.48 bits per heavy atom. The van der Waals surface area contributed by atoms with Crippen LogP contribution in [-0.4, -0.2) is 60.8 Å². The van der Waals surface area contributed by atoms with Gasteiger partial charge in [0.15, 0.2) is 11.8 Å². The molecule has 0 aromatic carbocycles. The van der Waals surface area contributed by atoms with E-state index in [2.05, 4.69) is 25.3 Å². The van der Waals surface area contributed by atoms with Crippen LogP contribution in [0, 0.1) is 12.8 Å². The van der Waals surface area contributed by atoms with Gasteiger partial charge in [0, 0.05) is 33.1 Å². The lowest BCUT2D eigenvalue weighted by Gasteiger charge is -2.33. The van der Waals surface area contributed by atoms with E-state index in [1.807, 2.05) is 6.92 Å². The van der Waals surface area contributed by atoms with Gasteiger partial charge in [0.05, 0.1) is 13.0 Å². The fraction of sp³-hybridized carbons (Fsp3) is 0.733. The number of nitrogens with zero attached hydrogens (tertiary/aromatic N) is 4. The predicted molar refractivity (Wildman–Crippen MR) is 85.0 cm³/mol. The lowest BCUT2D eigenvalue weighted by atomic mass is 9.97. The molecular formula is C15H25N5O3. The highest BCUT2D eigenvalue weighted by Crippen LogP contribution is 2.18. The Balaban J connectivity index is 1.70. The number of ether oxygens (including phenoxy) is 1. The fourth-order valence-corrected chi connectivity index (χ4v) is 2.71. The molecule has 1 aliphatic rings. The lowest BCUT2D eigenvalue weighted by molar-refractivity contribution is -0.146. The predicted octanol–water partition coefficient (Wildman–Crippen LogP) is 0.771. The van der Waals surface area contributed by atoms with Crippen LogP contribution in [0.1, 0.15) is 31.0 Å². The zero-order valence-corrected chi connectivity index (χ0v) is 14.0. The van der Waals surface area contributed by atoms with E-state index >= 15 is 0 Å². The Labute approximate surface area is 136 Å². The molecule has 0 bridgehead atoms. The topological polar surface area (TPSA) is 92.9 Å². The van der Waals surface area contributed by atoms with Gasteiger partial charge < -0.3 is 19.5 Å². The van der Waals surface area contributed by atoms with Crippen LogP contribution >= 0.6 is 0 Å². The number of nitrogens with one attached hydrogen (secondary N) is 1. The number of likely N-dealkylation sites (tertiary alicyclic amines) is 1. The summed E-state index contributed by atoms with van der Waals surface area (Å²) in [5.41, 5.74) is 0. The number of esters is 1. The second kappa shape index (κ2) is 8.50. The second-order valence-corrected chi connectivity index (χ2v) is 5.60. The summed E-state index contributed by atoms with van der Waals surface area (Å²) < 4.78 is 9.90. The van der Waals surface area contributed by atoms with Crippen molar-refractivity contribution in [3.05, 3.63) is 11.7 Å². The maximum Gasteiger partial charge on any atom is 0.308 e. The average Bonchev–Trinajstić information content (AvgIpc) is 3.00. The number of hydrogen-bond acceptors (Lipinski definition) is 6. The number of rotatable bonds is 5. The number of carbonyl (C=O) groups is 1. The highest BCUT2D eigenvalue weighted by atomic mass is 16.5. The van der Waals surface area contributed by atoms with E-state index in [1.165, 1.54) is 7.11 Å². The van der Waals surface area contributed by atoms with Gasteiger partial charge in [-0.2, -0.15) is 4.98 Å². The van der Waals surface area contributed by atoms with E-state index in [-0.39, 0.29) is 11.9 Å². The summed E-state index contributed by atoms with van der Waals surface area (Å²) in [6.45, 7) is 4.21. The standard InChI is InChI=1S/C15H25N5O3/c1-11-18-13(23-19-11)5-4-8-17-15(16-2)20-9-6-12(7-10-20)14(21)22-3/h12H,4-10H2,1-3H3,(H,16,17). The quantitative estimate of drug-likeness (QED) is 0.370. The fourth-order valence-electron chi connectivity index (χ4n) is 2.71. The van der Waals surface area contributed by atoms with Crippen molar-refractivity contribution in [2.75, 3.05) is 33.8 Å². The number of piperidine rings is 1. The normalized spacial score (nSPS) is 16.5. The zero-order valence-electron chi connectivity index (χ0n) is 14.0. The van der Waals surface area contributed by atoms with Gasteiger partial charge in [-0.3, -0.25) is 9.79 Å². The van der Waals surface area contributed by atoms with E-state index in [0.29, 0.717) is 11.7 Å². The zero-order chi connectivity index (χ0) is 16.7. The van der Waals surface area contributed by atoms with Crippen LogP contribution in [0.25, 0.3) is 0 Å². The number of aromatic nitrogens is 2. The van der Waals surface area contributed by atoms with Gasteiger partial charge >= 0.3 is 5.97 Å². The summed E-state index contributed by atoms with van der Waals surface area (Å²) in [5.74, 6) is 2.10. The van der Waals surface area contributed by atoms with Crippen LogP contribution in [0.2, 0.25) is 0 Å². The number of aryl methyl sites for hydroxylation is 2. The van der Waals surface area contributed by atoms with Crippen molar-refractivity contribution in [1.82, 2.24) is 20.4 Å². The monoisotopic (exact) mass is 323 g/mol. The summed E-state index contributed by atoms with van der Waals surface area (Å²) >= 11 is 0. The van der Waals surface area contributed by atoms with Crippen molar-refractivity contribution < 1.29 is 14.1 Å². The molecule has 0 spiro atoms. The van der Waals surface area contributed by atoms with Gasteiger partial charge in [-0.15, -0.1) is 0 Å². The molecule has 0 atom stereocenters. The Morgan fingerprint density at radius 2 is 2.22 bits per heavy atom. The second-order valence-electron chi connectivity index (χ2n) is 5.60. The SMILES string of the molecule is CN=C(NCCCc1nc(C)no1)N1CCC(C(=O)OC)CC1. The molecule has 0 aliphatic carbocycles. The van der Waals surface area contributed by atoms with Crippen LogP contribution in [0.5, 0.6) is 0 Å². The van der Waals surface area contributed by atoms with E-state index in [1.54, 1.807) is 7.05 Å². The summed E-state index contributed by atoms with van der Waals surface area (Å²) in [5, 5.41) is 7.12. The number of guanidine groups is 1. The molecule has 1 fully saturated rings. The highest BCUT2D eigenvalue weighted by Gasteiger charge is 2.26. The molecule has 1 N–H and O–H groups in total. The van der Waals surface area contributed by atoms with Crippen LogP contribution in [0.4, 0.5) is 0 Å². The van der Waals surface area contributed by atoms with Crippen molar-refractivity contribution in [3.63, 3.8) is 0 Å². The summed E-state index contributed by atoms with van der Waals surface area (Å²) in [7, 11) is 3.22. The summed E-state index contributed by atoms with van der Waals surface area (Å²) in [6, 6.07) is 0. The Bertz CT molecular complexity index is 535. The van der Waals surface area contributed by atoms with Crippen molar-refractivity contribution >= 4 is 11.9 Å². The molecule has 23 heavy (non-hydrogen) atoms. The first kappa shape index (κ1) is 17.2. The minimum atomic E-state index is -0.109. The molecule has 2 heterocycles. The molecule has 0 amide bonds. The number of aliphatic imine (C=N–C) groups is 1. The third-order valence-corrected chi connectivity index (χ3v) is 3.96. The number of hydrogen-bond donors (Lipinski definition) is 1. The largest absolute Gasteiger partial charge is 0.469 e. The first-order valence-electron chi connectivity index (χ1n) is 7.96. The molecule has 2 rings (SSSR count). The van der Waals surface area contributed by atoms with Gasteiger partial charge in [-0.05, 0) is 26.2 Å². The van der Waals surface area contributed by atoms with E-state index in [4.69, 9.17) is 9.26 Å². The molecular weight excluding hydrogens is 298 g/mol. The molecule has 0 radical (unpaired) electrons. The molecule has 8 nitrogen and oxygen atoms in total. The summed E-state index contributed by atoms with van der Waals surface area (Å²) in [4.78, 5) is 22.2. The van der Waals surface area contributed by atoms with Crippen LogP contribution in [0.15, 0.2) is 9.52 Å². The Hall–Kier alpha value is -2.12. The Morgan fingerprint density at radius 3 is 2.78 bits per heavy atom. The van der Waals surface area contributed by atoms with Crippen molar-refractivity contribution in [3.8, 4) is 0 Å². The lowest BCUT2D eigenvalue weighted by Crippen LogP contribution is -2.46. The first-order valence-corrected chi connectivity index (χ1v) is 7.96. The van der Waals surface area contributed by atoms with Crippen molar-refractivity contribution in [2.45, 2.75) is 32.6 Å². The molecule has 1 saturated heterocycles. The third-order valence-electron chi connectivity index (χ3n) is 3.96. The van der Waals surface area contributed by atoms with Crippen LogP contribution < -0.4 is 5.32 Å². The van der Waals surface area contributed by atoms with E-state index in [9.17, 15) is 4.79 Å². The maximum absolute atomic E-state index is 11.6. The van der Waals surface area contributed by atoms with Crippen molar-refractivity contribution in [2.24, 2.45) is 10.9 Å². The highest BCUT2D eigenvalue weighted by molar-refractivity contribution is 5.80. The average molecular weight is 323 g/mol. The van der Waals surface area contributed by atoms with Gasteiger partial charge in [-0.1, -0.05) is 5.16 Å². The minimum Gasteiger partial charge on any atom is -0.469 e. The minimum absolute atomic E-state index is 0.00937. The maximum atomic E-state index is 11.6. The number of carbonyl (C=O) groups excluding carboxylic acids is 1. The van der Waals surface area contributed by atoms with Crippen molar-refractivity contribution in [1.29, 1.82) is 0 Å². The Kier molecular flexibility index (Phi) is 6.37. The van der Waals surface area contributed by atoms with Crippen LogP contribution in [0.3, 0.4) is 0 Å². The molecule has 1 aliphatic heterocycles. The molecule has 1 aromatic heterocycles. The summed E-state index contributed by atoms with van der Waals surface area (Å²) in [6.07, 6.45) is 3.23. The molecule has 1 aromatic rings. The molecule has 128 valence electrons. The third kappa shape index (κ3) is 4.94. The number of methoxy groups -OCH3 is 1. The first-order chi connectivity index (χ1) is 11.1.